The molecule has 0 saturated carbocycles. The molecule has 7 heteroatoms. The van der Waals surface area contributed by atoms with Crippen LogP contribution in [-0.4, -0.2) is 36.6 Å². The van der Waals surface area contributed by atoms with E-state index in [2.05, 4.69) is 17.6 Å². The van der Waals surface area contributed by atoms with Gasteiger partial charge in [-0.3, -0.25) is 14.9 Å². The monoisotopic (exact) mass is 363 g/mol. The van der Waals surface area contributed by atoms with Crippen molar-refractivity contribution in [1.29, 1.82) is 0 Å². The average molecular weight is 363 g/mol. The highest BCUT2D eigenvalue weighted by atomic mass is 16.6. The van der Waals surface area contributed by atoms with Gasteiger partial charge in [-0.2, -0.15) is 0 Å². The first-order valence-corrected chi connectivity index (χ1v) is 9.54. The second kappa shape index (κ2) is 10.8. The van der Waals surface area contributed by atoms with Crippen LogP contribution in [0, 0.1) is 10.1 Å². The lowest BCUT2D eigenvalue weighted by molar-refractivity contribution is -0.384. The summed E-state index contributed by atoms with van der Waals surface area (Å²) in [6.45, 7) is 4.03. The number of rotatable bonds is 11. The van der Waals surface area contributed by atoms with Crippen molar-refractivity contribution in [3.63, 3.8) is 0 Å². The molecular formula is C19H29N3O4. The van der Waals surface area contributed by atoms with Gasteiger partial charge in [0, 0.05) is 31.3 Å². The fraction of sp³-hybridized carbons (Fsp3) is 0.632. The lowest BCUT2D eigenvalue weighted by Crippen LogP contribution is -2.24. The van der Waals surface area contributed by atoms with Crippen LogP contribution in [-0.2, 0) is 4.74 Å². The van der Waals surface area contributed by atoms with E-state index in [1.807, 2.05) is 0 Å². The summed E-state index contributed by atoms with van der Waals surface area (Å²) in [6.07, 6.45) is 7.64. The fourth-order valence-electron chi connectivity index (χ4n) is 3.04. The Morgan fingerprint density at radius 3 is 2.81 bits per heavy atom. The average Bonchev–Trinajstić information content (AvgIpc) is 3.16. The van der Waals surface area contributed by atoms with Crippen molar-refractivity contribution in [3.05, 3.63) is 33.9 Å². The van der Waals surface area contributed by atoms with Crippen LogP contribution in [0.15, 0.2) is 18.2 Å². The SMILES string of the molecule is CCCCCCCNC(=O)c1ccc(NC[C@@H]2CCCO2)c([N+](=O)[O-])c1. The van der Waals surface area contributed by atoms with Crippen LogP contribution in [0.1, 0.15) is 62.2 Å². The van der Waals surface area contributed by atoms with E-state index in [0.29, 0.717) is 24.3 Å². The van der Waals surface area contributed by atoms with E-state index in [-0.39, 0.29) is 17.7 Å². The molecule has 0 radical (unpaired) electrons. The van der Waals surface area contributed by atoms with Crippen LogP contribution in [0.3, 0.4) is 0 Å². The van der Waals surface area contributed by atoms with E-state index < -0.39 is 4.92 Å². The summed E-state index contributed by atoms with van der Waals surface area (Å²) in [5, 5.41) is 17.3. The predicted octanol–water partition coefficient (Wildman–Crippen LogP) is 3.89. The number of hydrogen-bond acceptors (Lipinski definition) is 5. The molecule has 144 valence electrons. The highest BCUT2D eigenvalue weighted by Gasteiger charge is 2.20. The molecule has 0 unspecified atom stereocenters. The van der Waals surface area contributed by atoms with E-state index >= 15 is 0 Å². The van der Waals surface area contributed by atoms with Gasteiger partial charge in [-0.15, -0.1) is 0 Å². The molecule has 1 atom stereocenters. The zero-order valence-electron chi connectivity index (χ0n) is 15.5. The van der Waals surface area contributed by atoms with Crippen molar-refractivity contribution in [1.82, 2.24) is 5.32 Å². The van der Waals surface area contributed by atoms with Crippen LogP contribution in [0.2, 0.25) is 0 Å². The van der Waals surface area contributed by atoms with Gasteiger partial charge < -0.3 is 15.4 Å². The summed E-state index contributed by atoms with van der Waals surface area (Å²) >= 11 is 0. The third kappa shape index (κ3) is 6.29. The Bertz CT molecular complexity index is 600. The number of unbranched alkanes of at least 4 members (excludes halogenated alkanes) is 4. The van der Waals surface area contributed by atoms with E-state index in [1.165, 1.54) is 25.3 Å². The number of benzene rings is 1. The number of nitro benzene ring substituents is 1. The normalized spacial score (nSPS) is 16.4. The van der Waals surface area contributed by atoms with Gasteiger partial charge >= 0.3 is 0 Å². The van der Waals surface area contributed by atoms with Crippen LogP contribution < -0.4 is 10.6 Å². The highest BCUT2D eigenvalue weighted by molar-refractivity contribution is 5.95. The lowest BCUT2D eigenvalue weighted by Gasteiger charge is -2.13. The zero-order valence-corrected chi connectivity index (χ0v) is 15.5. The number of amides is 1. The first-order valence-electron chi connectivity index (χ1n) is 9.54. The van der Waals surface area contributed by atoms with Gasteiger partial charge in [-0.1, -0.05) is 32.6 Å². The highest BCUT2D eigenvalue weighted by Crippen LogP contribution is 2.26. The molecule has 1 aromatic carbocycles. The van der Waals surface area contributed by atoms with Gasteiger partial charge in [0.1, 0.15) is 5.69 Å². The van der Waals surface area contributed by atoms with Gasteiger partial charge in [0.25, 0.3) is 11.6 Å². The Labute approximate surface area is 154 Å². The minimum atomic E-state index is -0.459. The van der Waals surface area contributed by atoms with Crippen molar-refractivity contribution >= 4 is 17.3 Å². The molecular weight excluding hydrogens is 334 g/mol. The topological polar surface area (TPSA) is 93.5 Å². The molecule has 2 N–H and O–H groups in total. The maximum absolute atomic E-state index is 12.2. The molecule has 0 aromatic heterocycles. The second-order valence-corrected chi connectivity index (χ2v) is 6.68. The Balaban J connectivity index is 1.89. The second-order valence-electron chi connectivity index (χ2n) is 6.68. The largest absolute Gasteiger partial charge is 0.377 e. The van der Waals surface area contributed by atoms with Crippen molar-refractivity contribution in [3.8, 4) is 0 Å². The van der Waals surface area contributed by atoms with Gasteiger partial charge in [-0.25, -0.2) is 0 Å². The minimum absolute atomic E-state index is 0.0846. The lowest BCUT2D eigenvalue weighted by atomic mass is 10.1. The van der Waals surface area contributed by atoms with Crippen LogP contribution in [0.4, 0.5) is 11.4 Å². The van der Waals surface area contributed by atoms with Crippen molar-refractivity contribution in [2.24, 2.45) is 0 Å². The van der Waals surface area contributed by atoms with Crippen LogP contribution >= 0.6 is 0 Å². The first-order chi connectivity index (χ1) is 12.6. The van der Waals surface area contributed by atoms with Crippen LogP contribution in [0.25, 0.3) is 0 Å². The third-order valence-corrected chi connectivity index (χ3v) is 4.57. The number of carbonyl (C=O) groups is 1. The van der Waals surface area contributed by atoms with Crippen molar-refractivity contribution in [2.75, 3.05) is 25.0 Å². The third-order valence-electron chi connectivity index (χ3n) is 4.57. The molecule has 26 heavy (non-hydrogen) atoms. The Kier molecular flexibility index (Phi) is 8.34. The van der Waals surface area contributed by atoms with Gasteiger partial charge in [0.05, 0.1) is 11.0 Å². The molecule has 2 rings (SSSR count). The quantitative estimate of drug-likeness (QED) is 0.353. The number of ether oxygens (including phenoxy) is 1. The molecule has 1 aliphatic heterocycles. The van der Waals surface area contributed by atoms with E-state index in [0.717, 1.165) is 32.3 Å². The standard InChI is InChI=1S/C19H29N3O4/c1-2-3-4-5-6-11-20-19(23)15-9-10-17(18(13-15)22(24)25)21-14-16-8-7-12-26-16/h9-10,13,16,21H,2-8,11-12,14H2,1H3,(H,20,23)/t16-/m0/s1. The van der Waals surface area contributed by atoms with Gasteiger partial charge in [0.2, 0.25) is 0 Å². The summed E-state index contributed by atoms with van der Waals surface area (Å²) in [7, 11) is 0. The number of anilines is 1. The molecule has 1 amide bonds. The molecule has 1 aromatic rings. The summed E-state index contributed by atoms with van der Waals surface area (Å²) in [5.74, 6) is -0.269. The smallest absolute Gasteiger partial charge is 0.293 e. The molecule has 7 nitrogen and oxygen atoms in total. The Morgan fingerprint density at radius 1 is 1.31 bits per heavy atom. The van der Waals surface area contributed by atoms with Gasteiger partial charge in [-0.05, 0) is 31.4 Å². The Morgan fingerprint density at radius 2 is 2.12 bits per heavy atom. The molecule has 0 bridgehead atoms. The number of hydrogen-bond donors (Lipinski definition) is 2. The zero-order chi connectivity index (χ0) is 18.8. The summed E-state index contributed by atoms with van der Waals surface area (Å²) < 4.78 is 5.52. The molecule has 1 aliphatic rings. The number of nitrogens with zero attached hydrogens (tertiary/aromatic N) is 1. The van der Waals surface area contributed by atoms with E-state index in [1.54, 1.807) is 12.1 Å². The Hall–Kier alpha value is -2.15. The number of nitrogens with one attached hydrogen (secondary N) is 2. The molecule has 1 fully saturated rings. The number of carbonyl (C=O) groups excluding carboxylic acids is 1. The predicted molar refractivity (Wildman–Crippen MR) is 102 cm³/mol. The van der Waals surface area contributed by atoms with Crippen molar-refractivity contribution in [2.45, 2.75) is 58.0 Å². The van der Waals surface area contributed by atoms with E-state index in [9.17, 15) is 14.9 Å². The summed E-state index contributed by atoms with van der Waals surface area (Å²) in [5.41, 5.74) is 0.646. The molecule has 1 heterocycles. The maximum Gasteiger partial charge on any atom is 0.293 e. The summed E-state index contributed by atoms with van der Waals surface area (Å²) in [4.78, 5) is 23.1. The van der Waals surface area contributed by atoms with Gasteiger partial charge in [0.15, 0.2) is 0 Å². The maximum atomic E-state index is 12.2. The molecule has 0 aliphatic carbocycles. The van der Waals surface area contributed by atoms with Crippen molar-refractivity contribution < 1.29 is 14.5 Å². The van der Waals surface area contributed by atoms with E-state index in [4.69, 9.17) is 4.74 Å². The van der Waals surface area contributed by atoms with Crippen LogP contribution in [0.5, 0.6) is 0 Å². The number of nitro groups is 1. The first kappa shape index (κ1) is 20.2. The molecule has 1 saturated heterocycles. The fourth-order valence-corrected chi connectivity index (χ4v) is 3.04. The summed E-state index contributed by atoms with van der Waals surface area (Å²) in [6, 6.07) is 4.56. The molecule has 0 spiro atoms. The minimum Gasteiger partial charge on any atom is -0.377 e.